The van der Waals surface area contributed by atoms with Gasteiger partial charge >= 0.3 is 0 Å². The summed E-state index contributed by atoms with van der Waals surface area (Å²) in [4.78, 5) is 33.4. The molecule has 32 heteroatoms. The Kier molecular flexibility index (Phi) is 64.4. The van der Waals surface area contributed by atoms with Gasteiger partial charge in [-0.3, -0.25) is 0 Å². The number of allylic oxidation sites excluding steroid dienone is 2. The van der Waals surface area contributed by atoms with E-state index in [1.807, 2.05) is 6.20 Å². The van der Waals surface area contributed by atoms with Gasteiger partial charge in [0.15, 0.2) is 0 Å². The fourth-order valence-corrected chi connectivity index (χ4v) is 26.0. The third-order valence-electron chi connectivity index (χ3n) is 32.3. The monoisotopic (exact) mass is 1910 g/mol. The van der Waals surface area contributed by atoms with E-state index in [0.717, 1.165) is 234 Å². The molecule has 0 unspecified atom stereocenters. The van der Waals surface area contributed by atoms with Crippen molar-refractivity contribution in [3.63, 3.8) is 0 Å². The quantitative estimate of drug-likeness (QED) is 0.0805. The molecule has 0 aromatic heterocycles. The van der Waals surface area contributed by atoms with Crippen molar-refractivity contribution in [2.45, 2.75) is 295 Å². The van der Waals surface area contributed by atoms with Crippen molar-refractivity contribution in [3.05, 3.63) is 125 Å². The molecule has 16 aliphatic rings. The van der Waals surface area contributed by atoms with Crippen molar-refractivity contribution in [2.24, 2.45) is 136 Å². The van der Waals surface area contributed by atoms with Crippen LogP contribution in [0.3, 0.4) is 0 Å². The number of nitrogens with zero attached hydrogens (tertiary/aromatic N) is 12. The molecule has 8 aliphatic carbocycles. The zero-order valence-electron chi connectivity index (χ0n) is 72.4. The fraction of sp³-hybridized carbons (Fsp3) is 0.955. The van der Waals surface area contributed by atoms with Crippen LogP contribution in [-0.4, -0.2) is 139 Å². The molecule has 8 saturated carbocycles. The average Bonchev–Trinajstić information content (AvgIpc) is 0.839. The summed E-state index contributed by atoms with van der Waals surface area (Å²) in [6.07, 6.45) is 75.2. The Labute approximate surface area is 773 Å². The zero-order chi connectivity index (χ0) is 79.1. The topological polar surface area (TPSA) is 467 Å². The van der Waals surface area contributed by atoms with Crippen LogP contribution < -0.4 is 0 Å². The Morgan fingerprint density at radius 3 is 0.433 bits per heavy atom. The van der Waals surface area contributed by atoms with E-state index in [1.165, 1.54) is 141 Å². The standard InChI is InChI=1S/3C22H38N2.C22H34N2.4HNO3.3H2N.5Ni/c4*1-5-19(21-9-13-23-14-10-21)6-2-17(1)18-3-7-20(8-4-18)22-11-15-24-16-12-22;4*2-1(3)4;;;;;;;;/h3*17-22H,1-16H2;9-10,13,17-20,22H,1-8,11-12,14-16H2;4*(H,2,3,4);3*1H2;;;;;/q4*-2;;;;;3*-1;;;;;. The molecule has 8 heterocycles. The van der Waals surface area contributed by atoms with Gasteiger partial charge in [-0.25, -0.2) is 0 Å². The van der Waals surface area contributed by atoms with Gasteiger partial charge in [0.05, 0.1) is 0 Å². The number of piperidine rings is 7. The molecule has 15 fully saturated rings. The average molecular weight is 1910 g/mol. The second kappa shape index (κ2) is 66.5. The molecule has 7 saturated heterocycles. The van der Waals surface area contributed by atoms with E-state index in [9.17, 15) is 0 Å². The Morgan fingerprint density at radius 2 is 0.325 bits per heavy atom. The number of hydrogen-bond acceptors (Lipinski definition) is 8. The van der Waals surface area contributed by atoms with Gasteiger partial charge in [-0.05, 0) is 342 Å². The Morgan fingerprint density at radius 1 is 0.217 bits per heavy atom. The van der Waals surface area contributed by atoms with Crippen LogP contribution >= 0.6 is 0 Å². The van der Waals surface area contributed by atoms with Crippen molar-refractivity contribution in [3.8, 4) is 0 Å². The van der Waals surface area contributed by atoms with E-state index < -0.39 is 20.3 Å². The summed E-state index contributed by atoms with van der Waals surface area (Å²) < 4.78 is 0. The van der Waals surface area contributed by atoms with E-state index >= 15 is 0 Å². The molecule has 0 spiro atoms. The summed E-state index contributed by atoms with van der Waals surface area (Å²) in [6, 6.07) is 0. The predicted octanol–water partition coefficient (Wildman–Crippen LogP) is 25.5. The van der Waals surface area contributed by atoms with Crippen LogP contribution in [-0.2, 0) is 82.5 Å². The number of hydrogen-bond donors (Lipinski definition) is 4. The molecule has 120 heavy (non-hydrogen) atoms. The number of rotatable bonds is 12. The van der Waals surface area contributed by atoms with Gasteiger partial charge in [-0.2, -0.15) is 6.20 Å². The van der Waals surface area contributed by atoms with Crippen LogP contribution in [0.15, 0.2) is 23.9 Å². The van der Waals surface area contributed by atoms with Gasteiger partial charge in [0.1, 0.15) is 0 Å². The summed E-state index contributed by atoms with van der Waals surface area (Å²) >= 11 is 0. The largest absolute Gasteiger partial charge is 0.693 e. The van der Waals surface area contributed by atoms with Gasteiger partial charge in [-0.15, -0.1) is 139 Å². The van der Waals surface area contributed by atoms with E-state index in [-0.39, 0.29) is 101 Å². The first kappa shape index (κ1) is 116. The Bertz CT molecular complexity index is 2280. The van der Waals surface area contributed by atoms with Crippen molar-refractivity contribution in [1.82, 2.24) is 0 Å². The molecular weight excluding hydrogens is 1750 g/mol. The summed E-state index contributed by atoms with van der Waals surface area (Å²) in [5.41, 5.74) is 1.58. The smallest absolute Gasteiger partial charge is 0.291 e. The molecular formula is C88H158N15Ni5O12-11. The minimum atomic E-state index is -1.50. The van der Waals surface area contributed by atoms with E-state index in [2.05, 4.69) is 54.7 Å². The Hall–Kier alpha value is -1.85. The van der Waals surface area contributed by atoms with Crippen LogP contribution in [0.2, 0.25) is 0 Å². The number of nitrogens with two attached hydrogens (primary N) is 3. The van der Waals surface area contributed by atoms with Crippen molar-refractivity contribution >= 4 is 0 Å². The first-order valence-corrected chi connectivity index (χ1v) is 46.3. The van der Waals surface area contributed by atoms with E-state index in [4.69, 9.17) is 61.3 Å². The molecule has 10 N–H and O–H groups in total. The molecule has 0 bridgehead atoms. The molecule has 8 aliphatic heterocycles. The summed E-state index contributed by atoms with van der Waals surface area (Å²) in [5.74, 6) is 23.9. The third kappa shape index (κ3) is 42.6. The fourth-order valence-electron chi connectivity index (χ4n) is 26.0. The van der Waals surface area contributed by atoms with E-state index in [1.54, 1.807) is 160 Å². The molecule has 0 atom stereocenters. The molecule has 0 aromatic carbocycles. The maximum absolute atomic E-state index is 8.36. The molecule has 27 nitrogen and oxygen atoms in total. The SMILES string of the molecule is C1=CC(C2CCC(C3CCC(C4CC[N-]CC4)CC3)CC2)=CC[N-]1.C1CC(C2CCC(C3CCC(C4CC[N-]CC4)CC3)CC2)CC[N-]1.C1CC(C2CCC(C3CCC(C4CC[N-]CC4)CC3)CC2)CC[N-]1.C1CC(C2CCC(C3CCC(C4CC[N-]CC4)CC3)CC2)CC[N-]1.O=[N+]([O-])O.O=[N+]([O-])O.O=[N+]([O-])O.O=[N+]([O-])O.[NH2-].[NH2-].[NH2-].[Ni].[Ni].[Ni].[Ni].[Ni]. The summed E-state index contributed by atoms with van der Waals surface area (Å²) in [6.45, 7) is 17.1. The minimum Gasteiger partial charge on any atom is -0.693 e. The van der Waals surface area contributed by atoms with Crippen LogP contribution in [0, 0.1) is 177 Å². The summed E-state index contributed by atoms with van der Waals surface area (Å²) in [7, 11) is 0. The minimum absolute atomic E-state index is 0. The molecule has 0 amide bonds. The second-order valence-corrected chi connectivity index (χ2v) is 37.7. The van der Waals surface area contributed by atoms with Crippen molar-refractivity contribution in [1.29, 1.82) is 0 Å². The van der Waals surface area contributed by atoms with Crippen LogP contribution in [0.1, 0.15) is 295 Å². The van der Waals surface area contributed by atoms with Crippen molar-refractivity contribution in [2.75, 3.05) is 98.2 Å². The molecule has 0 radical (unpaired) electrons. The first-order chi connectivity index (χ1) is 54.5. The van der Waals surface area contributed by atoms with Crippen molar-refractivity contribution < 1.29 is 124 Å². The van der Waals surface area contributed by atoms with Crippen LogP contribution in [0.5, 0.6) is 0 Å². The van der Waals surface area contributed by atoms with Gasteiger partial charge in [0.2, 0.25) is 0 Å². The van der Waals surface area contributed by atoms with Gasteiger partial charge in [-0.1, -0.05) is 108 Å². The predicted molar refractivity (Wildman–Crippen MR) is 461 cm³/mol. The van der Waals surface area contributed by atoms with Crippen LogP contribution in [0.25, 0.3) is 61.0 Å². The van der Waals surface area contributed by atoms with Gasteiger partial charge in [0.25, 0.3) is 20.3 Å². The third-order valence-corrected chi connectivity index (χ3v) is 32.3. The second-order valence-electron chi connectivity index (χ2n) is 37.7. The molecule has 718 valence electrons. The van der Waals surface area contributed by atoms with Crippen LogP contribution in [0.4, 0.5) is 0 Å². The van der Waals surface area contributed by atoms with Gasteiger partial charge < -0.3 is 81.8 Å². The van der Waals surface area contributed by atoms with Gasteiger partial charge in [0, 0.05) is 82.5 Å². The maximum Gasteiger partial charge on any atom is 0.291 e. The first-order valence-electron chi connectivity index (χ1n) is 46.3. The van der Waals surface area contributed by atoms with E-state index in [0.29, 0.717) is 0 Å². The maximum atomic E-state index is 8.36. The summed E-state index contributed by atoms with van der Waals surface area (Å²) in [5, 5.41) is 90.7. The molecule has 16 rings (SSSR count). The Balaban J connectivity index is 0.000000737. The molecule has 0 aromatic rings. The normalized spacial score (nSPS) is 32.8. The zero-order valence-corrected chi connectivity index (χ0v) is 77.3.